The van der Waals surface area contributed by atoms with E-state index in [9.17, 15) is 0 Å². The number of pyridine rings is 1. The Morgan fingerprint density at radius 1 is 1.10 bits per heavy atom. The van der Waals surface area contributed by atoms with Crippen LogP contribution in [0.3, 0.4) is 0 Å². The fourth-order valence-corrected chi connectivity index (χ4v) is 3.41. The van der Waals surface area contributed by atoms with E-state index in [1.165, 1.54) is 20.8 Å². The third-order valence-corrected chi connectivity index (χ3v) is 4.34. The molecule has 4 heteroatoms. The summed E-state index contributed by atoms with van der Waals surface area (Å²) in [5.74, 6) is 0.605. The van der Waals surface area contributed by atoms with E-state index < -0.39 is 0 Å². The molecule has 0 spiro atoms. The van der Waals surface area contributed by atoms with E-state index >= 15 is 0 Å². The lowest BCUT2D eigenvalue weighted by Crippen LogP contribution is -2.21. The van der Waals surface area contributed by atoms with Gasteiger partial charge in [0, 0.05) is 29.3 Å². The van der Waals surface area contributed by atoms with Crippen LogP contribution in [0.2, 0.25) is 0 Å². The number of benzene rings is 1. The van der Waals surface area contributed by atoms with Gasteiger partial charge in [0.05, 0.1) is 5.00 Å². The summed E-state index contributed by atoms with van der Waals surface area (Å²) in [6.07, 6.45) is 3.71. The summed E-state index contributed by atoms with van der Waals surface area (Å²) >= 11 is 1.85. The summed E-state index contributed by atoms with van der Waals surface area (Å²) in [5.41, 5.74) is 1.21. The number of rotatable bonds is 4. The monoisotopic (exact) mass is 318 g/mol. The maximum atomic E-state index is 4.12. The summed E-state index contributed by atoms with van der Waals surface area (Å²) in [5, 5.41) is 2.61. The number of hydrogen-bond acceptors (Lipinski definition) is 3. The van der Waals surface area contributed by atoms with Gasteiger partial charge in [-0.05, 0) is 35.6 Å². The molecule has 0 bridgehead atoms. The average Bonchev–Trinajstić information content (AvgIpc) is 2.89. The van der Waals surface area contributed by atoms with Crippen LogP contribution in [0, 0.1) is 5.92 Å². The average molecular weight is 319 g/mol. The maximum Gasteiger partial charge on any atom is 0.0965 e. The van der Waals surface area contributed by atoms with Crippen molar-refractivity contribution in [3.63, 3.8) is 0 Å². The number of thiophene rings is 1. The van der Waals surface area contributed by atoms with E-state index in [1.807, 2.05) is 23.7 Å². The standard InChI is InChI=1S/C17H18N2S.ClH/c1-13(2)12-19(15-7-9-18-10-8-15)17-11-14-5-3-4-6-16(14)20-17;/h3-11,13H,12H2,1-2H3;1H. The lowest BCUT2D eigenvalue weighted by atomic mass is 10.2. The highest BCUT2D eigenvalue weighted by molar-refractivity contribution is 7.22. The molecule has 2 heterocycles. The largest absolute Gasteiger partial charge is 0.333 e. The van der Waals surface area contributed by atoms with Crippen LogP contribution in [0.5, 0.6) is 0 Å². The van der Waals surface area contributed by atoms with Crippen LogP contribution in [0.25, 0.3) is 10.1 Å². The molecule has 0 radical (unpaired) electrons. The molecule has 0 aliphatic carbocycles. The molecule has 3 rings (SSSR count). The highest BCUT2D eigenvalue weighted by atomic mass is 35.5. The molecule has 1 aromatic carbocycles. The molecule has 0 saturated heterocycles. The van der Waals surface area contributed by atoms with Crippen LogP contribution in [0.4, 0.5) is 10.7 Å². The maximum absolute atomic E-state index is 4.12. The Balaban J connectivity index is 0.00000161. The minimum atomic E-state index is 0. The zero-order valence-corrected chi connectivity index (χ0v) is 13.8. The van der Waals surface area contributed by atoms with Crippen molar-refractivity contribution in [2.24, 2.45) is 5.92 Å². The molecular weight excluding hydrogens is 300 g/mol. The van der Waals surface area contributed by atoms with Gasteiger partial charge in [-0.1, -0.05) is 32.0 Å². The van der Waals surface area contributed by atoms with E-state index in [1.54, 1.807) is 0 Å². The normalized spacial score (nSPS) is 10.6. The van der Waals surface area contributed by atoms with Gasteiger partial charge < -0.3 is 4.90 Å². The van der Waals surface area contributed by atoms with Gasteiger partial charge in [-0.25, -0.2) is 0 Å². The summed E-state index contributed by atoms with van der Waals surface area (Å²) in [7, 11) is 0. The molecule has 110 valence electrons. The van der Waals surface area contributed by atoms with Gasteiger partial charge in [-0.15, -0.1) is 23.7 Å². The third-order valence-electron chi connectivity index (χ3n) is 3.20. The van der Waals surface area contributed by atoms with Crippen molar-refractivity contribution in [1.82, 2.24) is 4.98 Å². The van der Waals surface area contributed by atoms with Crippen LogP contribution in [0.1, 0.15) is 13.8 Å². The summed E-state index contributed by atoms with van der Waals surface area (Å²) < 4.78 is 1.34. The van der Waals surface area contributed by atoms with Crippen LogP contribution < -0.4 is 4.90 Å². The summed E-state index contributed by atoms with van der Waals surface area (Å²) in [4.78, 5) is 6.51. The Kier molecular flexibility index (Phi) is 5.21. The molecule has 2 aromatic heterocycles. The van der Waals surface area contributed by atoms with Gasteiger partial charge in [0.2, 0.25) is 0 Å². The van der Waals surface area contributed by atoms with E-state index in [0.717, 1.165) is 6.54 Å². The van der Waals surface area contributed by atoms with Crippen LogP contribution in [0.15, 0.2) is 54.9 Å². The van der Waals surface area contributed by atoms with Crippen molar-refractivity contribution in [3.8, 4) is 0 Å². The highest BCUT2D eigenvalue weighted by Gasteiger charge is 2.13. The Morgan fingerprint density at radius 3 is 2.48 bits per heavy atom. The predicted octanol–water partition coefficient (Wildman–Crippen LogP) is 5.51. The van der Waals surface area contributed by atoms with Crippen molar-refractivity contribution < 1.29 is 0 Å². The van der Waals surface area contributed by atoms with Crippen LogP contribution >= 0.6 is 23.7 Å². The van der Waals surface area contributed by atoms with Crippen molar-refractivity contribution in [2.75, 3.05) is 11.4 Å². The molecule has 0 unspecified atom stereocenters. The molecule has 0 aliphatic heterocycles. The van der Waals surface area contributed by atoms with Gasteiger partial charge in [0.1, 0.15) is 0 Å². The van der Waals surface area contributed by atoms with Crippen molar-refractivity contribution in [3.05, 3.63) is 54.9 Å². The van der Waals surface area contributed by atoms with Gasteiger partial charge in [0.25, 0.3) is 0 Å². The molecule has 0 saturated carbocycles. The molecule has 0 fully saturated rings. The first kappa shape index (κ1) is 15.8. The van der Waals surface area contributed by atoms with Gasteiger partial charge in [-0.2, -0.15) is 0 Å². The fraction of sp³-hybridized carbons (Fsp3) is 0.235. The van der Waals surface area contributed by atoms with E-state index in [-0.39, 0.29) is 12.4 Å². The molecule has 0 amide bonds. The molecule has 0 atom stereocenters. The van der Waals surface area contributed by atoms with E-state index in [4.69, 9.17) is 0 Å². The quantitative estimate of drug-likeness (QED) is 0.630. The number of hydrogen-bond donors (Lipinski definition) is 0. The Hall–Kier alpha value is -1.58. The third kappa shape index (κ3) is 3.55. The first-order chi connectivity index (χ1) is 9.74. The lowest BCUT2D eigenvalue weighted by Gasteiger charge is -2.24. The second kappa shape index (κ2) is 6.92. The summed E-state index contributed by atoms with van der Waals surface area (Å²) in [6.45, 7) is 5.51. The van der Waals surface area contributed by atoms with Gasteiger partial charge >= 0.3 is 0 Å². The molecular formula is C17H19ClN2S. The number of anilines is 2. The van der Waals surface area contributed by atoms with Crippen LogP contribution in [-0.4, -0.2) is 11.5 Å². The zero-order chi connectivity index (χ0) is 13.9. The number of halogens is 1. The summed E-state index contributed by atoms with van der Waals surface area (Å²) in [6, 6.07) is 15.0. The van der Waals surface area contributed by atoms with Crippen molar-refractivity contribution in [2.45, 2.75) is 13.8 Å². The minimum absolute atomic E-state index is 0. The first-order valence-electron chi connectivity index (χ1n) is 6.90. The Bertz CT molecular complexity index is 661. The molecule has 0 aliphatic rings. The number of nitrogens with zero attached hydrogens (tertiary/aromatic N) is 2. The number of aromatic nitrogens is 1. The predicted molar refractivity (Wildman–Crippen MR) is 95.2 cm³/mol. The van der Waals surface area contributed by atoms with Crippen molar-refractivity contribution in [1.29, 1.82) is 0 Å². The smallest absolute Gasteiger partial charge is 0.0965 e. The molecule has 21 heavy (non-hydrogen) atoms. The van der Waals surface area contributed by atoms with Gasteiger partial charge in [-0.3, -0.25) is 4.98 Å². The molecule has 2 nitrogen and oxygen atoms in total. The second-order valence-electron chi connectivity index (χ2n) is 5.33. The fourth-order valence-electron chi connectivity index (χ4n) is 2.31. The Morgan fingerprint density at radius 2 is 1.81 bits per heavy atom. The lowest BCUT2D eigenvalue weighted by molar-refractivity contribution is 0.653. The topological polar surface area (TPSA) is 16.1 Å². The minimum Gasteiger partial charge on any atom is -0.333 e. The van der Waals surface area contributed by atoms with Gasteiger partial charge in [0.15, 0.2) is 0 Å². The van der Waals surface area contributed by atoms with Crippen molar-refractivity contribution >= 4 is 44.5 Å². The number of fused-ring (bicyclic) bond motifs is 1. The zero-order valence-electron chi connectivity index (χ0n) is 12.2. The highest BCUT2D eigenvalue weighted by Crippen LogP contribution is 2.36. The van der Waals surface area contributed by atoms with E-state index in [0.29, 0.717) is 5.92 Å². The van der Waals surface area contributed by atoms with E-state index in [2.05, 4.69) is 66.2 Å². The van der Waals surface area contributed by atoms with Crippen LogP contribution in [-0.2, 0) is 0 Å². The second-order valence-corrected chi connectivity index (χ2v) is 6.39. The molecule has 3 aromatic rings. The Labute approximate surface area is 135 Å². The first-order valence-corrected chi connectivity index (χ1v) is 7.72. The SMILES string of the molecule is CC(C)CN(c1ccncc1)c1cc2ccccc2s1.Cl. The molecule has 0 N–H and O–H groups in total.